The highest BCUT2D eigenvalue weighted by Crippen LogP contribution is 2.12. The number of nitrogens with two attached hydrogens (primary N) is 1. The summed E-state index contributed by atoms with van der Waals surface area (Å²) in [6.07, 6.45) is 0.488. The molecule has 0 heterocycles. The van der Waals surface area contributed by atoms with Crippen LogP contribution in [0.3, 0.4) is 0 Å². The van der Waals surface area contributed by atoms with Crippen molar-refractivity contribution < 1.29 is 14.3 Å². The van der Waals surface area contributed by atoms with Gasteiger partial charge in [0.2, 0.25) is 5.91 Å². The van der Waals surface area contributed by atoms with Crippen LogP contribution in [0.4, 0.5) is 4.39 Å². The summed E-state index contributed by atoms with van der Waals surface area (Å²) in [4.78, 5) is 11.5. The van der Waals surface area contributed by atoms with Gasteiger partial charge >= 0.3 is 0 Å². The molecule has 0 saturated carbocycles. The summed E-state index contributed by atoms with van der Waals surface area (Å²) in [6.45, 7) is 1.97. The van der Waals surface area contributed by atoms with E-state index in [0.717, 1.165) is 6.42 Å². The first-order valence-corrected chi connectivity index (χ1v) is 6.01. The lowest BCUT2D eigenvalue weighted by atomic mass is 10.1. The molecular weight excluding hydrogens is 235 g/mol. The van der Waals surface area contributed by atoms with Gasteiger partial charge in [0.1, 0.15) is 5.82 Å². The van der Waals surface area contributed by atoms with Gasteiger partial charge in [0, 0.05) is 6.54 Å². The molecule has 0 saturated heterocycles. The normalized spacial score (nSPS) is 14.0. The van der Waals surface area contributed by atoms with E-state index in [0.29, 0.717) is 12.0 Å². The van der Waals surface area contributed by atoms with E-state index in [-0.39, 0.29) is 12.5 Å². The molecule has 1 aromatic rings. The van der Waals surface area contributed by atoms with Crippen molar-refractivity contribution in [2.24, 2.45) is 5.73 Å². The van der Waals surface area contributed by atoms with Gasteiger partial charge in [0.15, 0.2) is 0 Å². The highest BCUT2D eigenvalue weighted by atomic mass is 19.1. The predicted octanol–water partition coefficient (Wildman–Crippen LogP) is 1.10. The van der Waals surface area contributed by atoms with Crippen molar-refractivity contribution in [2.75, 3.05) is 6.54 Å². The van der Waals surface area contributed by atoms with Gasteiger partial charge in [0.25, 0.3) is 0 Å². The molecule has 0 fully saturated rings. The van der Waals surface area contributed by atoms with E-state index in [1.807, 2.05) is 6.92 Å². The summed E-state index contributed by atoms with van der Waals surface area (Å²) in [6, 6.07) is 5.09. The topological polar surface area (TPSA) is 75.4 Å². The van der Waals surface area contributed by atoms with E-state index in [2.05, 4.69) is 5.32 Å². The summed E-state index contributed by atoms with van der Waals surface area (Å²) in [7, 11) is 0. The second kappa shape index (κ2) is 7.08. The highest BCUT2D eigenvalue weighted by molar-refractivity contribution is 5.81. The Bertz CT molecular complexity index is 398. The zero-order chi connectivity index (χ0) is 13.5. The number of hydrogen-bond donors (Lipinski definition) is 3. The number of aliphatic hydroxyl groups excluding tert-OH is 1. The molecule has 0 radical (unpaired) electrons. The third-order valence-electron chi connectivity index (χ3n) is 2.64. The molecule has 0 aliphatic heterocycles. The van der Waals surface area contributed by atoms with Crippen LogP contribution in [0.1, 0.15) is 31.4 Å². The Balaban J connectivity index is 2.46. The molecule has 4 nitrogen and oxygen atoms in total. The fraction of sp³-hybridized carbons (Fsp3) is 0.462. The SMILES string of the molecule is CCCC(N)C(=O)NCC(O)c1cccc(F)c1. The maximum atomic E-state index is 12.9. The third-order valence-corrected chi connectivity index (χ3v) is 2.64. The van der Waals surface area contributed by atoms with Crippen LogP contribution in [0.5, 0.6) is 0 Å². The lowest BCUT2D eigenvalue weighted by Crippen LogP contribution is -2.42. The predicted molar refractivity (Wildman–Crippen MR) is 67.3 cm³/mol. The van der Waals surface area contributed by atoms with Crippen LogP contribution in [0.2, 0.25) is 0 Å². The van der Waals surface area contributed by atoms with Crippen LogP contribution >= 0.6 is 0 Å². The van der Waals surface area contributed by atoms with Crippen LogP contribution in [0, 0.1) is 5.82 Å². The number of carbonyl (C=O) groups is 1. The van der Waals surface area contributed by atoms with Crippen LogP contribution in [-0.4, -0.2) is 23.6 Å². The Morgan fingerprint density at radius 1 is 1.56 bits per heavy atom. The number of aliphatic hydroxyl groups is 1. The van der Waals surface area contributed by atoms with Crippen LogP contribution < -0.4 is 11.1 Å². The molecule has 2 unspecified atom stereocenters. The zero-order valence-electron chi connectivity index (χ0n) is 10.4. The van der Waals surface area contributed by atoms with Crippen molar-refractivity contribution in [3.8, 4) is 0 Å². The third kappa shape index (κ3) is 4.43. The van der Waals surface area contributed by atoms with Crippen molar-refractivity contribution in [1.82, 2.24) is 5.32 Å². The molecular formula is C13H19FN2O2. The summed E-state index contributed by atoms with van der Waals surface area (Å²) in [5.41, 5.74) is 6.05. The smallest absolute Gasteiger partial charge is 0.237 e. The van der Waals surface area contributed by atoms with Crippen molar-refractivity contribution in [3.63, 3.8) is 0 Å². The van der Waals surface area contributed by atoms with E-state index in [1.165, 1.54) is 18.2 Å². The van der Waals surface area contributed by atoms with Crippen molar-refractivity contribution in [3.05, 3.63) is 35.6 Å². The monoisotopic (exact) mass is 254 g/mol. The molecule has 0 spiro atoms. The second-order valence-electron chi connectivity index (χ2n) is 4.21. The Kier molecular flexibility index (Phi) is 5.74. The van der Waals surface area contributed by atoms with Gasteiger partial charge in [-0.15, -0.1) is 0 Å². The van der Waals surface area contributed by atoms with Gasteiger partial charge in [-0.2, -0.15) is 0 Å². The Morgan fingerprint density at radius 3 is 2.89 bits per heavy atom. The molecule has 0 aliphatic rings. The van der Waals surface area contributed by atoms with Gasteiger partial charge in [-0.3, -0.25) is 4.79 Å². The number of nitrogens with one attached hydrogen (secondary N) is 1. The number of rotatable bonds is 6. The number of carbonyl (C=O) groups excluding carboxylic acids is 1. The quantitative estimate of drug-likeness (QED) is 0.711. The number of amides is 1. The average molecular weight is 254 g/mol. The standard InChI is InChI=1S/C13H19FN2O2/c1-2-4-11(15)13(18)16-8-12(17)9-5-3-6-10(14)7-9/h3,5-7,11-12,17H,2,4,8,15H2,1H3,(H,16,18). The van der Waals surface area contributed by atoms with E-state index >= 15 is 0 Å². The maximum absolute atomic E-state index is 12.9. The molecule has 0 bridgehead atoms. The fourth-order valence-electron chi connectivity index (χ4n) is 1.60. The molecule has 2 atom stereocenters. The lowest BCUT2D eigenvalue weighted by molar-refractivity contribution is -0.123. The largest absolute Gasteiger partial charge is 0.387 e. The van der Waals surface area contributed by atoms with Gasteiger partial charge in [-0.25, -0.2) is 4.39 Å². The van der Waals surface area contributed by atoms with Crippen LogP contribution in [0.15, 0.2) is 24.3 Å². The number of hydrogen-bond acceptors (Lipinski definition) is 3. The minimum Gasteiger partial charge on any atom is -0.387 e. The second-order valence-corrected chi connectivity index (χ2v) is 4.21. The number of halogens is 1. The Morgan fingerprint density at radius 2 is 2.28 bits per heavy atom. The first kappa shape index (κ1) is 14.6. The minimum absolute atomic E-state index is 0.0275. The van der Waals surface area contributed by atoms with Crippen molar-refractivity contribution in [1.29, 1.82) is 0 Å². The zero-order valence-corrected chi connectivity index (χ0v) is 10.4. The number of benzene rings is 1. The summed E-state index contributed by atoms with van der Waals surface area (Å²) in [5, 5.41) is 12.3. The summed E-state index contributed by atoms with van der Waals surface area (Å²) < 4.78 is 12.9. The van der Waals surface area contributed by atoms with Gasteiger partial charge in [-0.05, 0) is 24.1 Å². The molecule has 0 aromatic heterocycles. The van der Waals surface area contributed by atoms with Crippen LogP contribution in [0.25, 0.3) is 0 Å². The van der Waals surface area contributed by atoms with Crippen LogP contribution in [-0.2, 0) is 4.79 Å². The summed E-state index contributed by atoms with van der Waals surface area (Å²) in [5.74, 6) is -0.715. The van der Waals surface area contributed by atoms with Gasteiger partial charge in [0.05, 0.1) is 12.1 Å². The molecule has 4 N–H and O–H groups in total. The molecule has 1 rings (SSSR count). The highest BCUT2D eigenvalue weighted by Gasteiger charge is 2.14. The fourth-order valence-corrected chi connectivity index (χ4v) is 1.60. The van der Waals surface area contributed by atoms with E-state index in [4.69, 9.17) is 5.73 Å². The summed E-state index contributed by atoms with van der Waals surface area (Å²) >= 11 is 0. The average Bonchev–Trinajstić information content (AvgIpc) is 2.35. The molecule has 1 amide bonds. The molecule has 18 heavy (non-hydrogen) atoms. The van der Waals surface area contributed by atoms with Gasteiger partial charge in [-0.1, -0.05) is 25.5 Å². The Labute approximate surface area is 106 Å². The van der Waals surface area contributed by atoms with E-state index < -0.39 is 18.0 Å². The molecule has 100 valence electrons. The molecule has 1 aromatic carbocycles. The first-order valence-electron chi connectivity index (χ1n) is 6.01. The molecule has 0 aliphatic carbocycles. The lowest BCUT2D eigenvalue weighted by Gasteiger charge is -2.15. The van der Waals surface area contributed by atoms with Crippen molar-refractivity contribution >= 4 is 5.91 Å². The maximum Gasteiger partial charge on any atom is 0.237 e. The van der Waals surface area contributed by atoms with Crippen molar-refractivity contribution in [2.45, 2.75) is 31.9 Å². The first-order chi connectivity index (χ1) is 8.54. The van der Waals surface area contributed by atoms with Gasteiger partial charge < -0.3 is 16.2 Å². The minimum atomic E-state index is -0.932. The molecule has 5 heteroatoms. The van der Waals surface area contributed by atoms with E-state index in [1.54, 1.807) is 6.07 Å². The Hall–Kier alpha value is -1.46. The van der Waals surface area contributed by atoms with E-state index in [9.17, 15) is 14.3 Å².